The van der Waals surface area contributed by atoms with E-state index in [1.54, 1.807) is 19.2 Å². The van der Waals surface area contributed by atoms with Gasteiger partial charge >= 0.3 is 0 Å². The smallest absolute Gasteiger partial charge is 0.224 e. The van der Waals surface area contributed by atoms with Crippen molar-refractivity contribution in [1.82, 2.24) is 0 Å². The monoisotopic (exact) mass is 380 g/mol. The number of benzene rings is 2. The SMILES string of the molecule is COc1ccc(C)cc1C(=O)CCC(=O)Nc1ccc(N2CCCCC2)cc1. The van der Waals surface area contributed by atoms with Crippen LogP contribution >= 0.6 is 0 Å². The zero-order valence-electron chi connectivity index (χ0n) is 16.7. The van der Waals surface area contributed by atoms with Crippen molar-refractivity contribution in [1.29, 1.82) is 0 Å². The molecule has 0 radical (unpaired) electrons. The Bertz CT molecular complexity index is 824. The van der Waals surface area contributed by atoms with Crippen LogP contribution in [0.4, 0.5) is 11.4 Å². The highest BCUT2D eigenvalue weighted by Crippen LogP contribution is 2.23. The largest absolute Gasteiger partial charge is 0.496 e. The molecule has 1 saturated heterocycles. The average Bonchev–Trinajstić information content (AvgIpc) is 2.73. The van der Waals surface area contributed by atoms with Crippen molar-refractivity contribution >= 4 is 23.1 Å². The summed E-state index contributed by atoms with van der Waals surface area (Å²) >= 11 is 0. The van der Waals surface area contributed by atoms with Crippen molar-refractivity contribution in [2.75, 3.05) is 30.4 Å². The van der Waals surface area contributed by atoms with E-state index in [1.165, 1.54) is 24.9 Å². The molecule has 148 valence electrons. The summed E-state index contributed by atoms with van der Waals surface area (Å²) in [4.78, 5) is 27.1. The molecule has 1 fully saturated rings. The first kappa shape index (κ1) is 19.9. The van der Waals surface area contributed by atoms with Gasteiger partial charge in [0.25, 0.3) is 0 Å². The van der Waals surface area contributed by atoms with E-state index in [0.717, 1.165) is 24.3 Å². The number of hydrogen-bond acceptors (Lipinski definition) is 4. The third kappa shape index (κ3) is 5.12. The quantitative estimate of drug-likeness (QED) is 0.714. The number of ether oxygens (including phenoxy) is 1. The van der Waals surface area contributed by atoms with Crippen molar-refractivity contribution in [3.8, 4) is 5.75 Å². The number of Topliss-reactive ketones (excluding diaryl/α,β-unsaturated/α-hetero) is 1. The molecule has 0 saturated carbocycles. The molecular formula is C23H28N2O3. The van der Waals surface area contributed by atoms with E-state index in [-0.39, 0.29) is 24.5 Å². The van der Waals surface area contributed by atoms with Gasteiger partial charge in [0.1, 0.15) is 5.75 Å². The summed E-state index contributed by atoms with van der Waals surface area (Å²) in [5.41, 5.74) is 3.47. The number of carbonyl (C=O) groups excluding carboxylic acids is 2. The van der Waals surface area contributed by atoms with Crippen molar-refractivity contribution in [2.24, 2.45) is 0 Å². The maximum atomic E-state index is 12.5. The minimum Gasteiger partial charge on any atom is -0.496 e. The van der Waals surface area contributed by atoms with Crippen LogP contribution in [0, 0.1) is 6.92 Å². The fourth-order valence-electron chi connectivity index (χ4n) is 3.53. The Kier molecular flexibility index (Phi) is 6.69. The molecule has 1 aliphatic heterocycles. The minimum atomic E-state index is -0.161. The number of hydrogen-bond donors (Lipinski definition) is 1. The van der Waals surface area contributed by atoms with Crippen LogP contribution < -0.4 is 15.0 Å². The zero-order valence-corrected chi connectivity index (χ0v) is 16.7. The molecule has 3 rings (SSSR count). The van der Waals surface area contributed by atoms with Crippen molar-refractivity contribution in [3.05, 3.63) is 53.6 Å². The Morgan fingerprint density at radius 3 is 2.39 bits per heavy atom. The summed E-state index contributed by atoms with van der Waals surface area (Å²) in [6.07, 6.45) is 4.07. The van der Waals surface area contributed by atoms with Crippen molar-refractivity contribution in [3.63, 3.8) is 0 Å². The molecule has 0 aromatic heterocycles. The molecule has 0 bridgehead atoms. The van der Waals surface area contributed by atoms with Crippen LogP contribution in [-0.2, 0) is 4.79 Å². The molecule has 5 nitrogen and oxygen atoms in total. The second-order valence-corrected chi connectivity index (χ2v) is 7.27. The number of nitrogens with zero attached hydrogens (tertiary/aromatic N) is 1. The molecular weight excluding hydrogens is 352 g/mol. The van der Waals surface area contributed by atoms with E-state index in [9.17, 15) is 9.59 Å². The number of ketones is 1. The number of piperidine rings is 1. The molecule has 1 N–H and O–H groups in total. The Labute approximate surface area is 166 Å². The molecule has 1 heterocycles. The zero-order chi connectivity index (χ0) is 19.9. The number of aryl methyl sites for hydroxylation is 1. The normalized spacial score (nSPS) is 13.9. The van der Waals surface area contributed by atoms with Gasteiger partial charge in [0.2, 0.25) is 5.91 Å². The lowest BCUT2D eigenvalue weighted by atomic mass is 10.0. The van der Waals surface area contributed by atoms with Crippen molar-refractivity contribution in [2.45, 2.75) is 39.0 Å². The minimum absolute atomic E-state index is 0.0869. The van der Waals surface area contributed by atoms with E-state index in [4.69, 9.17) is 4.74 Å². The van der Waals surface area contributed by atoms with Gasteiger partial charge in [0.15, 0.2) is 5.78 Å². The van der Waals surface area contributed by atoms with Crippen LogP contribution in [0.15, 0.2) is 42.5 Å². The van der Waals surface area contributed by atoms with Gasteiger partial charge in [0.05, 0.1) is 12.7 Å². The molecule has 0 aliphatic carbocycles. The summed E-state index contributed by atoms with van der Waals surface area (Å²) in [5, 5.41) is 2.88. The first-order valence-electron chi connectivity index (χ1n) is 9.89. The second kappa shape index (κ2) is 9.40. The fourth-order valence-corrected chi connectivity index (χ4v) is 3.53. The number of anilines is 2. The third-order valence-electron chi connectivity index (χ3n) is 5.11. The third-order valence-corrected chi connectivity index (χ3v) is 5.11. The van der Waals surface area contributed by atoms with Gasteiger partial charge in [-0.2, -0.15) is 0 Å². The van der Waals surface area contributed by atoms with Gasteiger partial charge in [-0.15, -0.1) is 0 Å². The molecule has 1 amide bonds. The predicted molar refractivity (Wildman–Crippen MR) is 112 cm³/mol. The van der Waals surface area contributed by atoms with Crippen LogP contribution in [0.2, 0.25) is 0 Å². The van der Waals surface area contributed by atoms with Gasteiger partial charge in [-0.3, -0.25) is 9.59 Å². The Morgan fingerprint density at radius 1 is 1.00 bits per heavy atom. The van der Waals surface area contributed by atoms with Gasteiger partial charge in [-0.1, -0.05) is 11.6 Å². The van der Waals surface area contributed by atoms with Crippen molar-refractivity contribution < 1.29 is 14.3 Å². The maximum absolute atomic E-state index is 12.5. The van der Waals surface area contributed by atoms with E-state index < -0.39 is 0 Å². The predicted octanol–water partition coefficient (Wildman–Crippen LogP) is 4.60. The van der Waals surface area contributed by atoms with Crippen LogP contribution in [0.3, 0.4) is 0 Å². The fraction of sp³-hybridized carbons (Fsp3) is 0.391. The summed E-state index contributed by atoms with van der Waals surface area (Å²) in [7, 11) is 1.54. The first-order valence-corrected chi connectivity index (χ1v) is 9.89. The maximum Gasteiger partial charge on any atom is 0.224 e. The number of amides is 1. The first-order chi connectivity index (χ1) is 13.6. The lowest BCUT2D eigenvalue weighted by Gasteiger charge is -2.28. The second-order valence-electron chi connectivity index (χ2n) is 7.27. The van der Waals surface area contributed by atoms with Crippen LogP contribution in [0.25, 0.3) is 0 Å². The molecule has 28 heavy (non-hydrogen) atoms. The van der Waals surface area contributed by atoms with Gasteiger partial charge < -0.3 is 15.0 Å². The van der Waals surface area contributed by atoms with Crippen LogP contribution in [0.5, 0.6) is 5.75 Å². The van der Waals surface area contributed by atoms with Gasteiger partial charge in [-0.05, 0) is 62.6 Å². The molecule has 2 aromatic rings. The lowest BCUT2D eigenvalue weighted by Crippen LogP contribution is -2.29. The summed E-state index contributed by atoms with van der Waals surface area (Å²) in [6, 6.07) is 13.4. The van der Waals surface area contributed by atoms with E-state index in [2.05, 4.69) is 10.2 Å². The number of rotatable bonds is 7. The summed E-state index contributed by atoms with van der Waals surface area (Å²) in [6.45, 7) is 4.11. The number of nitrogens with one attached hydrogen (secondary N) is 1. The van der Waals surface area contributed by atoms with E-state index in [1.807, 2.05) is 37.3 Å². The highest BCUT2D eigenvalue weighted by Gasteiger charge is 2.15. The number of methoxy groups -OCH3 is 1. The van der Waals surface area contributed by atoms with E-state index in [0.29, 0.717) is 11.3 Å². The van der Waals surface area contributed by atoms with Crippen LogP contribution in [0.1, 0.15) is 48.0 Å². The highest BCUT2D eigenvalue weighted by molar-refractivity contribution is 6.01. The van der Waals surface area contributed by atoms with E-state index >= 15 is 0 Å². The molecule has 0 atom stereocenters. The lowest BCUT2D eigenvalue weighted by molar-refractivity contribution is -0.116. The standard InChI is InChI=1S/C23H28N2O3/c1-17-6-12-22(28-2)20(16-17)21(26)11-13-23(27)24-18-7-9-19(10-8-18)25-14-4-3-5-15-25/h6-10,12,16H,3-5,11,13-15H2,1-2H3,(H,24,27). The molecule has 2 aromatic carbocycles. The van der Waals surface area contributed by atoms with Gasteiger partial charge in [-0.25, -0.2) is 0 Å². The molecule has 0 unspecified atom stereocenters. The Morgan fingerprint density at radius 2 is 1.71 bits per heavy atom. The average molecular weight is 380 g/mol. The van der Waals surface area contributed by atoms with Gasteiger partial charge in [0, 0.05) is 37.3 Å². The molecule has 0 spiro atoms. The number of carbonyl (C=O) groups is 2. The molecule has 1 aliphatic rings. The Hall–Kier alpha value is -2.82. The van der Waals surface area contributed by atoms with Crippen LogP contribution in [-0.4, -0.2) is 31.9 Å². The highest BCUT2D eigenvalue weighted by atomic mass is 16.5. The summed E-state index contributed by atoms with van der Waals surface area (Å²) < 4.78 is 5.26. The Balaban J connectivity index is 1.53. The topological polar surface area (TPSA) is 58.6 Å². The summed E-state index contributed by atoms with van der Waals surface area (Å²) in [5.74, 6) is 0.297. The molecule has 5 heteroatoms.